The van der Waals surface area contributed by atoms with Crippen LogP contribution in [0, 0.1) is 12.7 Å². The normalized spacial score (nSPS) is 18.8. The number of carbonyl (C=O) groups excluding carboxylic acids is 1. The highest BCUT2D eigenvalue weighted by Gasteiger charge is 2.30. The van der Waals surface area contributed by atoms with E-state index in [1.807, 2.05) is 11.0 Å². The van der Waals surface area contributed by atoms with E-state index in [-0.39, 0.29) is 17.8 Å². The number of piperidine rings is 2. The van der Waals surface area contributed by atoms with Gasteiger partial charge < -0.3 is 9.64 Å². The fraction of sp³-hybridized carbons (Fsp3) is 0.500. The molecule has 1 amide bonds. The van der Waals surface area contributed by atoms with E-state index < -0.39 is 0 Å². The van der Waals surface area contributed by atoms with E-state index in [4.69, 9.17) is 4.74 Å². The Morgan fingerprint density at radius 1 is 1.00 bits per heavy atom. The van der Waals surface area contributed by atoms with Gasteiger partial charge in [0.05, 0.1) is 0 Å². The number of aryl methyl sites for hydroxylation is 2. The van der Waals surface area contributed by atoms with E-state index in [0.717, 1.165) is 58.3 Å². The minimum atomic E-state index is -0.288. The Morgan fingerprint density at radius 2 is 1.74 bits per heavy atom. The summed E-state index contributed by atoms with van der Waals surface area (Å²) < 4.78 is 19.7. The van der Waals surface area contributed by atoms with Gasteiger partial charge >= 0.3 is 0 Å². The molecule has 2 saturated heterocycles. The number of hydrogen-bond donors (Lipinski definition) is 0. The molecule has 0 saturated carbocycles. The lowest BCUT2D eigenvalue weighted by molar-refractivity contribution is -0.132. The number of benzene rings is 2. The summed E-state index contributed by atoms with van der Waals surface area (Å²) in [7, 11) is 0. The molecule has 166 valence electrons. The van der Waals surface area contributed by atoms with Crippen LogP contribution in [-0.4, -0.2) is 54.0 Å². The number of likely N-dealkylation sites (tertiary alicyclic amines) is 2. The number of hydrogen-bond acceptors (Lipinski definition) is 3. The van der Waals surface area contributed by atoms with Gasteiger partial charge in [-0.3, -0.25) is 9.69 Å². The van der Waals surface area contributed by atoms with Crippen LogP contribution in [0.1, 0.15) is 43.2 Å². The molecule has 2 aliphatic heterocycles. The van der Waals surface area contributed by atoms with Crippen molar-refractivity contribution in [1.82, 2.24) is 9.80 Å². The predicted octanol–water partition coefficient (Wildman–Crippen LogP) is 4.60. The summed E-state index contributed by atoms with van der Waals surface area (Å²) in [6, 6.07) is 15.6. The fourth-order valence-electron chi connectivity index (χ4n) is 4.84. The van der Waals surface area contributed by atoms with E-state index in [9.17, 15) is 9.18 Å². The Labute approximate surface area is 185 Å². The van der Waals surface area contributed by atoms with E-state index in [1.54, 1.807) is 12.1 Å². The second kappa shape index (κ2) is 10.3. The van der Waals surface area contributed by atoms with Crippen LogP contribution in [0.5, 0.6) is 5.75 Å². The number of nitrogens with zero attached hydrogens (tertiary/aromatic N) is 2. The van der Waals surface area contributed by atoms with Crippen molar-refractivity contribution in [2.75, 3.05) is 26.2 Å². The number of carbonyl (C=O) groups is 1. The van der Waals surface area contributed by atoms with Crippen LogP contribution in [0.2, 0.25) is 0 Å². The van der Waals surface area contributed by atoms with Crippen molar-refractivity contribution < 1.29 is 13.9 Å². The van der Waals surface area contributed by atoms with Crippen molar-refractivity contribution in [2.24, 2.45) is 0 Å². The van der Waals surface area contributed by atoms with Crippen LogP contribution in [0.4, 0.5) is 4.39 Å². The van der Waals surface area contributed by atoms with Crippen LogP contribution in [-0.2, 0) is 11.2 Å². The van der Waals surface area contributed by atoms with Crippen LogP contribution in [0.3, 0.4) is 0 Å². The lowest BCUT2D eigenvalue weighted by Crippen LogP contribution is -2.50. The van der Waals surface area contributed by atoms with Gasteiger partial charge in [-0.05, 0) is 56.7 Å². The van der Waals surface area contributed by atoms with Gasteiger partial charge in [-0.15, -0.1) is 0 Å². The number of ether oxygens (including phenoxy) is 1. The van der Waals surface area contributed by atoms with Gasteiger partial charge in [0.2, 0.25) is 5.91 Å². The summed E-state index contributed by atoms with van der Waals surface area (Å²) in [6.45, 7) is 5.74. The Bertz CT molecular complexity index is 871. The molecule has 5 heteroatoms. The van der Waals surface area contributed by atoms with Crippen molar-refractivity contribution in [3.05, 3.63) is 65.5 Å². The van der Waals surface area contributed by atoms with E-state index in [0.29, 0.717) is 18.2 Å². The summed E-state index contributed by atoms with van der Waals surface area (Å²) in [4.78, 5) is 17.2. The summed E-state index contributed by atoms with van der Waals surface area (Å²) in [5, 5.41) is 0. The molecule has 0 radical (unpaired) electrons. The summed E-state index contributed by atoms with van der Waals surface area (Å²) in [5.74, 6) is 0.347. The standard InChI is InChI=1S/C26H33FN2O2/c1-20-5-4-6-21(19-20)9-10-26(30)29-15-11-22(12-16-29)28-17-13-23(14-18-28)31-25-8-3-2-7-24(25)27/h2-8,19,22-23H,9-18H2,1H3. The molecule has 2 aliphatic rings. The third-order valence-corrected chi connectivity index (χ3v) is 6.65. The first kappa shape index (κ1) is 21.8. The Hall–Kier alpha value is -2.40. The molecule has 0 bridgehead atoms. The Balaban J connectivity index is 1.18. The maximum absolute atomic E-state index is 13.8. The SMILES string of the molecule is Cc1cccc(CCC(=O)N2CCC(N3CCC(Oc4ccccc4F)CC3)CC2)c1. The molecule has 0 aromatic heterocycles. The lowest BCUT2D eigenvalue weighted by atomic mass is 9.98. The minimum absolute atomic E-state index is 0.0800. The molecule has 0 atom stereocenters. The molecule has 31 heavy (non-hydrogen) atoms. The topological polar surface area (TPSA) is 32.8 Å². The van der Waals surface area contributed by atoms with Crippen LogP contribution in [0.15, 0.2) is 48.5 Å². The molecule has 2 aromatic carbocycles. The molecule has 2 fully saturated rings. The molecule has 4 rings (SSSR count). The first-order chi connectivity index (χ1) is 15.1. The first-order valence-corrected chi connectivity index (χ1v) is 11.6. The maximum Gasteiger partial charge on any atom is 0.222 e. The third-order valence-electron chi connectivity index (χ3n) is 6.65. The van der Waals surface area contributed by atoms with Gasteiger partial charge in [-0.25, -0.2) is 4.39 Å². The second-order valence-corrected chi connectivity index (χ2v) is 8.88. The minimum Gasteiger partial charge on any atom is -0.487 e. The average Bonchev–Trinajstić information content (AvgIpc) is 2.80. The smallest absolute Gasteiger partial charge is 0.222 e. The average molecular weight is 425 g/mol. The number of halogens is 1. The molecule has 0 spiro atoms. The highest BCUT2D eigenvalue weighted by molar-refractivity contribution is 5.76. The van der Waals surface area contributed by atoms with E-state index in [1.165, 1.54) is 17.2 Å². The number of para-hydroxylation sites is 1. The van der Waals surface area contributed by atoms with Crippen LogP contribution >= 0.6 is 0 Å². The summed E-state index contributed by atoms with van der Waals surface area (Å²) in [5.41, 5.74) is 2.48. The van der Waals surface area contributed by atoms with Crippen molar-refractivity contribution >= 4 is 5.91 Å². The van der Waals surface area contributed by atoms with Crippen molar-refractivity contribution in [3.8, 4) is 5.75 Å². The van der Waals surface area contributed by atoms with Crippen LogP contribution < -0.4 is 4.74 Å². The summed E-state index contributed by atoms with van der Waals surface area (Å²) in [6.07, 6.45) is 5.40. The van der Waals surface area contributed by atoms with Gasteiger partial charge in [0.1, 0.15) is 6.10 Å². The number of rotatable bonds is 6. The largest absolute Gasteiger partial charge is 0.487 e. The molecule has 2 heterocycles. The molecule has 0 N–H and O–H groups in total. The zero-order chi connectivity index (χ0) is 21.6. The van der Waals surface area contributed by atoms with Crippen molar-refractivity contribution in [2.45, 2.75) is 57.6 Å². The highest BCUT2D eigenvalue weighted by Crippen LogP contribution is 2.25. The zero-order valence-corrected chi connectivity index (χ0v) is 18.4. The maximum atomic E-state index is 13.8. The van der Waals surface area contributed by atoms with Gasteiger partial charge in [0, 0.05) is 38.6 Å². The quantitative estimate of drug-likeness (QED) is 0.679. The van der Waals surface area contributed by atoms with Gasteiger partial charge in [0.25, 0.3) is 0 Å². The second-order valence-electron chi connectivity index (χ2n) is 8.88. The molecular weight excluding hydrogens is 391 g/mol. The number of amides is 1. The monoisotopic (exact) mass is 424 g/mol. The fourth-order valence-corrected chi connectivity index (χ4v) is 4.84. The van der Waals surface area contributed by atoms with Crippen molar-refractivity contribution in [3.63, 3.8) is 0 Å². The zero-order valence-electron chi connectivity index (χ0n) is 18.4. The predicted molar refractivity (Wildman–Crippen MR) is 121 cm³/mol. The van der Waals surface area contributed by atoms with Gasteiger partial charge in [0.15, 0.2) is 11.6 Å². The first-order valence-electron chi connectivity index (χ1n) is 11.6. The molecule has 2 aromatic rings. The Morgan fingerprint density at radius 3 is 2.45 bits per heavy atom. The molecular formula is C26H33FN2O2. The molecule has 0 unspecified atom stereocenters. The third kappa shape index (κ3) is 5.85. The molecule has 4 nitrogen and oxygen atoms in total. The summed E-state index contributed by atoms with van der Waals surface area (Å²) >= 11 is 0. The van der Waals surface area contributed by atoms with E-state index >= 15 is 0 Å². The van der Waals surface area contributed by atoms with E-state index in [2.05, 4.69) is 36.1 Å². The van der Waals surface area contributed by atoms with Crippen LogP contribution in [0.25, 0.3) is 0 Å². The highest BCUT2D eigenvalue weighted by atomic mass is 19.1. The van der Waals surface area contributed by atoms with Gasteiger partial charge in [-0.1, -0.05) is 42.0 Å². The lowest BCUT2D eigenvalue weighted by Gasteiger charge is -2.41. The Kier molecular flexibility index (Phi) is 7.23. The van der Waals surface area contributed by atoms with Crippen molar-refractivity contribution in [1.29, 1.82) is 0 Å². The van der Waals surface area contributed by atoms with Gasteiger partial charge in [-0.2, -0.15) is 0 Å². The molecule has 0 aliphatic carbocycles.